The predicted molar refractivity (Wildman–Crippen MR) is 109 cm³/mol. The number of hydrogen-bond acceptors (Lipinski definition) is 2. The fourth-order valence-electron chi connectivity index (χ4n) is 3.83. The molecule has 0 heterocycles. The van der Waals surface area contributed by atoms with Crippen LogP contribution in [0.25, 0.3) is 0 Å². The molecule has 3 rings (SSSR count). The lowest BCUT2D eigenvalue weighted by molar-refractivity contribution is 0.0516. The molecule has 0 saturated carbocycles. The van der Waals surface area contributed by atoms with Crippen molar-refractivity contribution in [1.29, 1.82) is 0 Å². The number of rotatable bonds is 3. The molecule has 0 saturated heterocycles. The number of fused-ring (bicyclic) bond motifs is 1. The number of hydrogen-bond donors (Lipinski definition) is 1. The number of ether oxygens (including phenoxy) is 1. The van der Waals surface area contributed by atoms with Crippen LogP contribution in [0.5, 0.6) is 0 Å². The van der Waals surface area contributed by atoms with Gasteiger partial charge in [-0.05, 0) is 68.9 Å². The van der Waals surface area contributed by atoms with Crippen LogP contribution < -0.4 is 5.32 Å². The summed E-state index contributed by atoms with van der Waals surface area (Å²) in [7, 11) is 0. The van der Waals surface area contributed by atoms with E-state index in [9.17, 15) is 4.79 Å². The first-order valence-electron chi connectivity index (χ1n) is 9.11. The first-order chi connectivity index (χ1) is 12.3. The summed E-state index contributed by atoms with van der Waals surface area (Å²) in [4.78, 5) is 12.3. The van der Waals surface area contributed by atoms with Gasteiger partial charge in [-0.1, -0.05) is 52.3 Å². The Hall–Kier alpha value is -1.81. The van der Waals surface area contributed by atoms with Gasteiger partial charge in [-0.25, -0.2) is 4.79 Å². The van der Waals surface area contributed by atoms with Crippen LogP contribution in [0.15, 0.2) is 53.0 Å². The molecule has 1 aliphatic carbocycles. The molecule has 2 aromatic rings. The number of alkyl carbamates (subject to hydrolysis) is 1. The molecule has 2 aromatic carbocycles. The predicted octanol–water partition coefficient (Wildman–Crippen LogP) is 5.60. The molecule has 0 radical (unpaired) electrons. The van der Waals surface area contributed by atoms with Gasteiger partial charge in [-0.3, -0.25) is 0 Å². The molecule has 3 nitrogen and oxygen atoms in total. The highest BCUT2D eigenvalue weighted by Crippen LogP contribution is 2.43. The molecule has 0 spiro atoms. The van der Waals surface area contributed by atoms with Crippen molar-refractivity contribution in [2.24, 2.45) is 0 Å². The van der Waals surface area contributed by atoms with E-state index in [1.54, 1.807) is 0 Å². The number of carbonyl (C=O) groups is 1. The molecule has 1 N–H and O–H groups in total. The third kappa shape index (κ3) is 4.12. The summed E-state index contributed by atoms with van der Waals surface area (Å²) in [5, 5.41) is 3.03. The van der Waals surface area contributed by atoms with Crippen LogP contribution in [0.4, 0.5) is 4.79 Å². The molecule has 26 heavy (non-hydrogen) atoms. The van der Waals surface area contributed by atoms with E-state index < -0.39 is 5.60 Å². The molecular weight excluding hydrogens is 390 g/mol. The maximum Gasteiger partial charge on any atom is 0.407 e. The molecule has 1 atom stereocenters. The smallest absolute Gasteiger partial charge is 0.407 e. The van der Waals surface area contributed by atoms with E-state index in [0.717, 1.165) is 23.7 Å². The van der Waals surface area contributed by atoms with Crippen molar-refractivity contribution in [3.63, 3.8) is 0 Å². The first kappa shape index (κ1) is 19.0. The Bertz CT molecular complexity index is 797. The molecule has 0 aliphatic heterocycles. The van der Waals surface area contributed by atoms with Gasteiger partial charge in [0.15, 0.2) is 0 Å². The lowest BCUT2D eigenvalue weighted by Gasteiger charge is -2.40. The highest BCUT2D eigenvalue weighted by atomic mass is 79.9. The van der Waals surface area contributed by atoms with Gasteiger partial charge in [0.25, 0.3) is 0 Å². The van der Waals surface area contributed by atoms with Gasteiger partial charge in [0.2, 0.25) is 0 Å². The maximum absolute atomic E-state index is 12.3. The van der Waals surface area contributed by atoms with Gasteiger partial charge in [-0.2, -0.15) is 0 Å². The number of carbonyl (C=O) groups excluding carboxylic acids is 1. The Balaban J connectivity index is 1.98. The number of halogens is 1. The van der Waals surface area contributed by atoms with Crippen LogP contribution in [0, 0.1) is 0 Å². The van der Waals surface area contributed by atoms with E-state index in [0.29, 0.717) is 6.54 Å². The second-order valence-corrected chi connectivity index (χ2v) is 8.87. The highest BCUT2D eigenvalue weighted by molar-refractivity contribution is 9.10. The van der Waals surface area contributed by atoms with Gasteiger partial charge in [0.05, 0.1) is 0 Å². The summed E-state index contributed by atoms with van der Waals surface area (Å²) in [5.74, 6) is 0. The number of amides is 1. The van der Waals surface area contributed by atoms with Crippen molar-refractivity contribution < 1.29 is 9.53 Å². The normalized spacial score (nSPS) is 19.5. The quantitative estimate of drug-likeness (QED) is 0.708. The number of benzene rings is 2. The number of nitrogens with one attached hydrogen (secondary N) is 1. The molecule has 1 amide bonds. The fourth-order valence-corrected chi connectivity index (χ4v) is 4.23. The van der Waals surface area contributed by atoms with Gasteiger partial charge in [0.1, 0.15) is 5.60 Å². The molecule has 138 valence electrons. The number of aryl methyl sites for hydroxylation is 1. The average Bonchev–Trinajstić information content (AvgIpc) is 2.58. The second-order valence-electron chi connectivity index (χ2n) is 7.96. The Morgan fingerprint density at radius 3 is 2.69 bits per heavy atom. The van der Waals surface area contributed by atoms with Crippen molar-refractivity contribution >= 4 is 22.0 Å². The zero-order valence-electron chi connectivity index (χ0n) is 15.6. The average molecular weight is 416 g/mol. The lowest BCUT2D eigenvalue weighted by atomic mass is 9.66. The zero-order chi connectivity index (χ0) is 18.8. The lowest BCUT2D eigenvalue weighted by Crippen LogP contribution is -2.45. The van der Waals surface area contributed by atoms with Crippen LogP contribution in [-0.2, 0) is 16.6 Å². The SMILES string of the molecule is CC(C)(C)OC(=O)NCC1(c2cccc(Br)c2)CCCc2ccccc21. The van der Waals surface area contributed by atoms with Crippen LogP contribution in [0.3, 0.4) is 0 Å². The highest BCUT2D eigenvalue weighted by Gasteiger charge is 2.38. The molecule has 4 heteroatoms. The van der Waals surface area contributed by atoms with Crippen molar-refractivity contribution in [2.75, 3.05) is 6.54 Å². The summed E-state index contributed by atoms with van der Waals surface area (Å²) >= 11 is 3.60. The van der Waals surface area contributed by atoms with Crippen LogP contribution in [0.1, 0.15) is 50.3 Å². The Morgan fingerprint density at radius 1 is 1.19 bits per heavy atom. The van der Waals surface area contributed by atoms with E-state index in [1.165, 1.54) is 16.7 Å². The minimum atomic E-state index is -0.502. The molecule has 0 fully saturated rings. The molecule has 1 aliphatic rings. The second kappa shape index (κ2) is 7.43. The third-order valence-electron chi connectivity index (χ3n) is 4.89. The van der Waals surface area contributed by atoms with Gasteiger partial charge in [0, 0.05) is 16.4 Å². The van der Waals surface area contributed by atoms with E-state index in [1.807, 2.05) is 26.8 Å². The fraction of sp³-hybridized carbons (Fsp3) is 0.409. The van der Waals surface area contributed by atoms with Gasteiger partial charge >= 0.3 is 6.09 Å². The van der Waals surface area contributed by atoms with Crippen LogP contribution in [-0.4, -0.2) is 18.2 Å². The Kier molecular flexibility index (Phi) is 5.42. The van der Waals surface area contributed by atoms with Gasteiger partial charge in [-0.15, -0.1) is 0 Å². The summed E-state index contributed by atoms with van der Waals surface area (Å²) in [5.41, 5.74) is 3.15. The molecule has 0 bridgehead atoms. The van der Waals surface area contributed by atoms with Gasteiger partial charge < -0.3 is 10.1 Å². The first-order valence-corrected chi connectivity index (χ1v) is 9.91. The van der Waals surface area contributed by atoms with Crippen molar-refractivity contribution in [2.45, 2.75) is 51.0 Å². The Labute approximate surface area is 164 Å². The third-order valence-corrected chi connectivity index (χ3v) is 5.39. The van der Waals surface area contributed by atoms with E-state index in [2.05, 4.69) is 63.7 Å². The molecular formula is C22H26BrNO2. The monoisotopic (exact) mass is 415 g/mol. The summed E-state index contributed by atoms with van der Waals surface area (Å²) in [6, 6.07) is 17.0. The zero-order valence-corrected chi connectivity index (χ0v) is 17.2. The Morgan fingerprint density at radius 2 is 1.96 bits per heavy atom. The molecule has 0 aromatic heterocycles. The van der Waals surface area contributed by atoms with Crippen molar-refractivity contribution in [3.8, 4) is 0 Å². The topological polar surface area (TPSA) is 38.3 Å². The van der Waals surface area contributed by atoms with Crippen molar-refractivity contribution in [3.05, 3.63) is 69.7 Å². The standard InChI is InChI=1S/C22H26BrNO2/c1-21(2,3)26-20(25)24-15-22(17-10-6-11-18(23)14-17)13-7-9-16-8-4-5-12-19(16)22/h4-6,8,10-12,14H,7,9,13,15H2,1-3H3,(H,24,25). The van der Waals surface area contributed by atoms with E-state index in [4.69, 9.17) is 4.74 Å². The molecule has 1 unspecified atom stereocenters. The van der Waals surface area contributed by atoms with E-state index >= 15 is 0 Å². The van der Waals surface area contributed by atoms with Crippen LogP contribution in [0.2, 0.25) is 0 Å². The largest absolute Gasteiger partial charge is 0.444 e. The van der Waals surface area contributed by atoms with E-state index in [-0.39, 0.29) is 11.5 Å². The minimum absolute atomic E-state index is 0.241. The summed E-state index contributed by atoms with van der Waals surface area (Å²) in [6.07, 6.45) is 2.81. The van der Waals surface area contributed by atoms with Crippen molar-refractivity contribution in [1.82, 2.24) is 5.32 Å². The minimum Gasteiger partial charge on any atom is -0.444 e. The van der Waals surface area contributed by atoms with Crippen LogP contribution >= 0.6 is 15.9 Å². The summed E-state index contributed by atoms with van der Waals surface area (Å²) in [6.45, 7) is 6.17. The summed E-state index contributed by atoms with van der Waals surface area (Å²) < 4.78 is 6.51. The maximum atomic E-state index is 12.3.